The Morgan fingerprint density at radius 2 is 2.00 bits per heavy atom. The van der Waals surface area contributed by atoms with Crippen molar-refractivity contribution in [2.45, 2.75) is 45.0 Å². The van der Waals surface area contributed by atoms with E-state index in [1.807, 2.05) is 12.1 Å². The van der Waals surface area contributed by atoms with Gasteiger partial charge in [0.2, 0.25) is 0 Å². The molecule has 104 valence electrons. The van der Waals surface area contributed by atoms with Crippen molar-refractivity contribution in [3.05, 3.63) is 28.8 Å². The smallest absolute Gasteiger partial charge is 0.138 e. The lowest BCUT2D eigenvalue weighted by atomic mass is 10.0. The summed E-state index contributed by atoms with van der Waals surface area (Å²) in [5.74, 6) is 0.674. The predicted octanol–water partition coefficient (Wildman–Crippen LogP) is 3.31. The molecule has 2 unspecified atom stereocenters. The molecule has 5 heteroatoms. The Hall–Kier alpha value is -0.840. The molecule has 1 fully saturated rings. The van der Waals surface area contributed by atoms with E-state index < -0.39 is 0 Å². The fraction of sp³-hybridized carbons (Fsp3) is 0.500. The van der Waals surface area contributed by atoms with Gasteiger partial charge in [0, 0.05) is 18.4 Å². The topological polar surface area (TPSA) is 44.5 Å². The molecule has 1 aliphatic heterocycles. The van der Waals surface area contributed by atoms with Crippen LogP contribution in [0.1, 0.15) is 32.3 Å². The van der Waals surface area contributed by atoms with Crippen LogP contribution in [0.2, 0.25) is 5.02 Å². The highest BCUT2D eigenvalue weighted by atomic mass is 35.5. The second kappa shape index (κ2) is 6.07. The summed E-state index contributed by atoms with van der Waals surface area (Å²) in [6.45, 7) is 4.12. The number of hydrogen-bond donors (Lipinski definition) is 1. The number of benzene rings is 1. The molecule has 0 spiro atoms. The molecule has 0 saturated carbocycles. The van der Waals surface area contributed by atoms with Gasteiger partial charge in [0.1, 0.15) is 16.8 Å². The van der Waals surface area contributed by atoms with Crippen LogP contribution in [0.25, 0.3) is 0 Å². The van der Waals surface area contributed by atoms with Gasteiger partial charge < -0.3 is 15.2 Å². The molecule has 1 aromatic carbocycles. The minimum absolute atomic E-state index is 0.131. The first-order valence-corrected chi connectivity index (χ1v) is 7.15. The quantitative estimate of drug-likeness (QED) is 0.870. The van der Waals surface area contributed by atoms with Crippen molar-refractivity contribution < 1.29 is 9.47 Å². The normalized spacial score (nSPS) is 27.0. The van der Waals surface area contributed by atoms with Gasteiger partial charge in [0.15, 0.2) is 0 Å². The van der Waals surface area contributed by atoms with E-state index in [1.165, 1.54) is 0 Å². The zero-order chi connectivity index (χ0) is 14.0. The van der Waals surface area contributed by atoms with Crippen LogP contribution in [0.4, 0.5) is 0 Å². The van der Waals surface area contributed by atoms with Gasteiger partial charge >= 0.3 is 0 Å². The maximum Gasteiger partial charge on any atom is 0.138 e. The van der Waals surface area contributed by atoms with E-state index >= 15 is 0 Å². The van der Waals surface area contributed by atoms with Crippen LogP contribution in [-0.2, 0) is 4.74 Å². The summed E-state index contributed by atoms with van der Waals surface area (Å²) in [5, 5.41) is 0.539. The number of rotatable bonds is 3. The van der Waals surface area contributed by atoms with Crippen LogP contribution in [-0.4, -0.2) is 23.3 Å². The van der Waals surface area contributed by atoms with Gasteiger partial charge in [0.25, 0.3) is 0 Å². The molecule has 0 bridgehead atoms. The molecule has 3 nitrogen and oxygen atoms in total. The van der Waals surface area contributed by atoms with E-state index in [2.05, 4.69) is 13.8 Å². The zero-order valence-corrected chi connectivity index (χ0v) is 12.6. The molecule has 0 amide bonds. The first-order valence-electron chi connectivity index (χ1n) is 6.37. The lowest BCUT2D eigenvalue weighted by Crippen LogP contribution is -2.35. The van der Waals surface area contributed by atoms with Gasteiger partial charge in [-0.25, -0.2) is 0 Å². The summed E-state index contributed by atoms with van der Waals surface area (Å²) in [5.41, 5.74) is 6.32. The maximum atomic E-state index is 6.19. The van der Waals surface area contributed by atoms with E-state index in [-0.39, 0.29) is 18.3 Å². The Labute approximate surface area is 124 Å². The molecule has 19 heavy (non-hydrogen) atoms. The van der Waals surface area contributed by atoms with Gasteiger partial charge in [-0.15, -0.1) is 0 Å². The number of hydrogen-bond acceptors (Lipinski definition) is 3. The highest BCUT2D eigenvalue weighted by Gasteiger charge is 2.26. The van der Waals surface area contributed by atoms with Gasteiger partial charge in [-0.1, -0.05) is 23.8 Å². The van der Waals surface area contributed by atoms with Gasteiger partial charge in [-0.05, 0) is 32.0 Å². The third-order valence-corrected chi connectivity index (χ3v) is 3.70. The Kier molecular flexibility index (Phi) is 4.66. The van der Waals surface area contributed by atoms with Crippen molar-refractivity contribution in [2.24, 2.45) is 5.73 Å². The number of thiocarbonyl (C=S) groups is 1. The molecule has 0 aliphatic carbocycles. The second-order valence-electron chi connectivity index (χ2n) is 4.98. The minimum atomic E-state index is 0.131. The van der Waals surface area contributed by atoms with E-state index in [9.17, 15) is 0 Å². The lowest BCUT2D eigenvalue weighted by molar-refractivity contribution is -0.0721. The van der Waals surface area contributed by atoms with E-state index in [1.54, 1.807) is 6.07 Å². The van der Waals surface area contributed by atoms with Crippen molar-refractivity contribution in [1.82, 2.24) is 0 Å². The molecule has 2 atom stereocenters. The summed E-state index contributed by atoms with van der Waals surface area (Å²) >= 11 is 11.1. The average Bonchev–Trinajstić information content (AvgIpc) is 2.30. The molecule has 2 rings (SSSR count). The van der Waals surface area contributed by atoms with E-state index in [4.69, 9.17) is 39.0 Å². The molecule has 0 aromatic heterocycles. The van der Waals surface area contributed by atoms with Crippen LogP contribution in [0.5, 0.6) is 5.75 Å². The first kappa shape index (κ1) is 14.6. The van der Waals surface area contributed by atoms with Crippen LogP contribution in [0, 0.1) is 0 Å². The minimum Gasteiger partial charge on any atom is -0.489 e. The molecule has 0 radical (unpaired) electrons. The summed E-state index contributed by atoms with van der Waals surface area (Å²) in [6.07, 6.45) is 2.30. The van der Waals surface area contributed by atoms with Gasteiger partial charge in [0.05, 0.1) is 17.2 Å². The first-order chi connectivity index (χ1) is 8.95. The predicted molar refractivity (Wildman–Crippen MR) is 81.0 cm³/mol. The van der Waals surface area contributed by atoms with Crippen LogP contribution < -0.4 is 10.5 Å². The number of nitrogens with two attached hydrogens (primary N) is 1. The Balaban J connectivity index is 2.08. The number of ether oxygens (including phenoxy) is 2. The van der Waals surface area contributed by atoms with Gasteiger partial charge in [-0.2, -0.15) is 0 Å². The number of halogens is 1. The van der Waals surface area contributed by atoms with Crippen molar-refractivity contribution in [2.75, 3.05) is 0 Å². The molecular formula is C14H18ClNO2S. The summed E-state index contributed by atoms with van der Waals surface area (Å²) < 4.78 is 11.7. The SMILES string of the molecule is CC1CC(Oc2ccc(C(N)=S)cc2Cl)CC(C)O1. The molecule has 1 saturated heterocycles. The molecule has 2 N–H and O–H groups in total. The highest BCUT2D eigenvalue weighted by molar-refractivity contribution is 7.80. The standard InChI is InChI=1S/C14H18ClNO2S/c1-8-5-11(6-9(2)17-8)18-13-4-3-10(14(16)19)7-12(13)15/h3-4,7-9,11H,5-6H2,1-2H3,(H2,16,19). The summed E-state index contributed by atoms with van der Waals surface area (Å²) in [4.78, 5) is 0.335. The Morgan fingerprint density at radius 3 is 2.53 bits per heavy atom. The third kappa shape index (κ3) is 3.81. The fourth-order valence-corrected chi connectivity index (χ4v) is 2.72. The van der Waals surface area contributed by atoms with E-state index in [0.29, 0.717) is 15.8 Å². The molecule has 1 aromatic rings. The van der Waals surface area contributed by atoms with E-state index in [0.717, 1.165) is 18.4 Å². The average molecular weight is 300 g/mol. The largest absolute Gasteiger partial charge is 0.489 e. The summed E-state index contributed by atoms with van der Waals surface area (Å²) in [6, 6.07) is 5.39. The summed E-state index contributed by atoms with van der Waals surface area (Å²) in [7, 11) is 0. The van der Waals surface area contributed by atoms with Crippen molar-refractivity contribution in [1.29, 1.82) is 0 Å². The Morgan fingerprint density at radius 1 is 1.37 bits per heavy atom. The van der Waals surface area contributed by atoms with Crippen LogP contribution in [0.3, 0.4) is 0 Å². The van der Waals surface area contributed by atoms with Crippen molar-refractivity contribution >= 4 is 28.8 Å². The molecule has 1 aliphatic rings. The Bertz CT molecular complexity index is 471. The highest BCUT2D eigenvalue weighted by Crippen LogP contribution is 2.30. The zero-order valence-electron chi connectivity index (χ0n) is 11.1. The van der Waals surface area contributed by atoms with Crippen LogP contribution >= 0.6 is 23.8 Å². The van der Waals surface area contributed by atoms with Crippen molar-refractivity contribution in [3.63, 3.8) is 0 Å². The molecular weight excluding hydrogens is 282 g/mol. The lowest BCUT2D eigenvalue weighted by Gasteiger charge is -2.32. The fourth-order valence-electron chi connectivity index (χ4n) is 2.37. The van der Waals surface area contributed by atoms with Crippen LogP contribution in [0.15, 0.2) is 18.2 Å². The van der Waals surface area contributed by atoms with Crippen molar-refractivity contribution in [3.8, 4) is 5.75 Å². The third-order valence-electron chi connectivity index (χ3n) is 3.16. The second-order valence-corrected chi connectivity index (χ2v) is 5.83. The molecule has 1 heterocycles. The van der Waals surface area contributed by atoms with Gasteiger partial charge in [-0.3, -0.25) is 0 Å². The monoisotopic (exact) mass is 299 g/mol. The maximum absolute atomic E-state index is 6.19.